The first-order chi connectivity index (χ1) is 15.7. The van der Waals surface area contributed by atoms with Crippen molar-refractivity contribution in [3.63, 3.8) is 0 Å². The molecule has 2 aliphatic heterocycles. The highest BCUT2D eigenvalue weighted by atomic mass is 19.1. The van der Waals surface area contributed by atoms with Crippen LogP contribution in [0.25, 0.3) is 11.3 Å². The summed E-state index contributed by atoms with van der Waals surface area (Å²) in [4.78, 5) is 17.5. The molecule has 2 aliphatic rings. The fraction of sp³-hybridized carbons (Fsp3) is 0.385. The number of aromatic amines is 1. The first kappa shape index (κ1) is 20.9. The second-order valence-corrected chi connectivity index (χ2v) is 8.89. The van der Waals surface area contributed by atoms with Crippen molar-refractivity contribution in [2.45, 2.75) is 57.3 Å². The number of nitrogens with one attached hydrogen (secondary N) is 1. The van der Waals surface area contributed by atoms with Crippen molar-refractivity contribution in [2.75, 3.05) is 6.54 Å². The second kappa shape index (κ2) is 9.25. The minimum absolute atomic E-state index is 0.120. The maximum atomic E-state index is 14.4. The number of amides is 1. The van der Waals surface area contributed by atoms with Crippen LogP contribution in [0, 0.1) is 5.82 Å². The summed E-state index contributed by atoms with van der Waals surface area (Å²) >= 11 is 0. The number of nitrogens with zero attached hydrogens (tertiary/aromatic N) is 3. The first-order valence-corrected chi connectivity index (χ1v) is 11.6. The predicted molar refractivity (Wildman–Crippen MR) is 122 cm³/mol. The summed E-state index contributed by atoms with van der Waals surface area (Å²) in [5.41, 5.74) is 3.95. The molecular formula is C26H29FN4O. The zero-order valence-corrected chi connectivity index (χ0v) is 18.2. The molecule has 32 heavy (non-hydrogen) atoms. The number of H-pyrrole nitrogens is 1. The molecule has 166 valence electrons. The molecule has 2 atom stereocenters. The molecule has 3 aromatic rings. The lowest BCUT2D eigenvalue weighted by Gasteiger charge is -2.37. The van der Waals surface area contributed by atoms with Gasteiger partial charge in [-0.25, -0.2) is 4.39 Å². The third-order valence-corrected chi connectivity index (χ3v) is 6.94. The third-order valence-electron chi connectivity index (χ3n) is 6.94. The van der Waals surface area contributed by atoms with Crippen LogP contribution in [0.1, 0.15) is 43.2 Å². The molecule has 0 bridgehead atoms. The van der Waals surface area contributed by atoms with Gasteiger partial charge in [-0.3, -0.25) is 14.8 Å². The maximum absolute atomic E-state index is 14.4. The number of fused-ring (bicyclic) bond motifs is 1. The van der Waals surface area contributed by atoms with Gasteiger partial charge in [0.05, 0.1) is 11.9 Å². The van der Waals surface area contributed by atoms with E-state index < -0.39 is 0 Å². The summed E-state index contributed by atoms with van der Waals surface area (Å²) in [5.74, 6) is -0.0854. The van der Waals surface area contributed by atoms with Crippen molar-refractivity contribution >= 4 is 5.91 Å². The average molecular weight is 433 g/mol. The van der Waals surface area contributed by atoms with E-state index >= 15 is 0 Å². The Morgan fingerprint density at radius 3 is 2.59 bits per heavy atom. The van der Waals surface area contributed by atoms with E-state index in [1.54, 1.807) is 12.1 Å². The number of rotatable bonds is 5. The van der Waals surface area contributed by atoms with Gasteiger partial charge in [-0.05, 0) is 30.9 Å². The van der Waals surface area contributed by atoms with Crippen molar-refractivity contribution in [1.82, 2.24) is 20.0 Å². The quantitative estimate of drug-likeness (QED) is 0.632. The number of carbonyl (C=O) groups is 1. The minimum atomic E-state index is -0.236. The van der Waals surface area contributed by atoms with Crippen LogP contribution < -0.4 is 0 Å². The van der Waals surface area contributed by atoms with Crippen LogP contribution in [0.3, 0.4) is 0 Å². The van der Waals surface area contributed by atoms with Gasteiger partial charge >= 0.3 is 0 Å². The molecule has 3 heterocycles. The van der Waals surface area contributed by atoms with E-state index in [0.717, 1.165) is 50.0 Å². The lowest BCUT2D eigenvalue weighted by Crippen LogP contribution is -2.48. The lowest BCUT2D eigenvalue weighted by molar-refractivity contribution is -0.135. The van der Waals surface area contributed by atoms with E-state index in [9.17, 15) is 9.18 Å². The molecule has 5 nitrogen and oxygen atoms in total. The Morgan fingerprint density at radius 2 is 1.75 bits per heavy atom. The summed E-state index contributed by atoms with van der Waals surface area (Å²) < 4.78 is 14.4. The first-order valence-electron chi connectivity index (χ1n) is 11.6. The van der Waals surface area contributed by atoms with Crippen LogP contribution in [0.4, 0.5) is 4.39 Å². The van der Waals surface area contributed by atoms with Crippen molar-refractivity contribution in [3.05, 3.63) is 77.7 Å². The normalized spacial score (nSPS) is 21.9. The highest BCUT2D eigenvalue weighted by molar-refractivity contribution is 5.76. The Morgan fingerprint density at radius 1 is 0.938 bits per heavy atom. The molecule has 0 aliphatic carbocycles. The van der Waals surface area contributed by atoms with Gasteiger partial charge in [0, 0.05) is 49.3 Å². The van der Waals surface area contributed by atoms with Gasteiger partial charge in [0.2, 0.25) is 5.91 Å². The standard InChI is InChI=1S/C26H29FN4O/c27-22-11-5-4-10-20(22)18-31-24-14-15-30(23(24)12-6-7-13-25(31)32)17-21-16-28-29-26(21)19-8-2-1-3-9-19/h1-5,8-11,16,23-24H,6-7,12-15,17-18H2,(H,28,29)/t23-,24+/m1/s1. The smallest absolute Gasteiger partial charge is 0.223 e. The number of halogens is 1. The van der Waals surface area contributed by atoms with Gasteiger partial charge in [-0.1, -0.05) is 55.0 Å². The molecule has 2 fully saturated rings. The maximum Gasteiger partial charge on any atom is 0.223 e. The molecular weight excluding hydrogens is 403 g/mol. The number of benzene rings is 2. The monoisotopic (exact) mass is 432 g/mol. The van der Waals surface area contributed by atoms with E-state index in [-0.39, 0.29) is 23.8 Å². The molecule has 0 unspecified atom stereocenters. The number of carbonyl (C=O) groups excluding carboxylic acids is 1. The second-order valence-electron chi connectivity index (χ2n) is 8.89. The molecule has 0 saturated carbocycles. The van der Waals surface area contributed by atoms with Gasteiger partial charge in [-0.15, -0.1) is 0 Å². The molecule has 1 N–H and O–H groups in total. The zero-order chi connectivity index (χ0) is 21.9. The van der Waals surface area contributed by atoms with Crippen LogP contribution in [-0.2, 0) is 17.9 Å². The minimum Gasteiger partial charge on any atom is -0.334 e. The van der Waals surface area contributed by atoms with Crippen LogP contribution in [0.15, 0.2) is 60.8 Å². The van der Waals surface area contributed by atoms with E-state index in [1.165, 1.54) is 11.6 Å². The summed E-state index contributed by atoms with van der Waals surface area (Å²) in [7, 11) is 0. The highest BCUT2D eigenvalue weighted by Crippen LogP contribution is 2.33. The Labute approximate surface area is 188 Å². The highest BCUT2D eigenvalue weighted by Gasteiger charge is 2.40. The van der Waals surface area contributed by atoms with Crippen LogP contribution in [0.5, 0.6) is 0 Å². The van der Waals surface area contributed by atoms with E-state index in [0.29, 0.717) is 18.5 Å². The summed E-state index contributed by atoms with van der Waals surface area (Å²) in [6, 6.07) is 17.5. The fourth-order valence-corrected chi connectivity index (χ4v) is 5.31. The van der Waals surface area contributed by atoms with Gasteiger partial charge in [0.1, 0.15) is 5.82 Å². The lowest BCUT2D eigenvalue weighted by atomic mass is 9.96. The summed E-state index contributed by atoms with van der Waals surface area (Å²) in [5, 5.41) is 7.48. The molecule has 2 aromatic carbocycles. The van der Waals surface area contributed by atoms with Crippen molar-refractivity contribution < 1.29 is 9.18 Å². The molecule has 0 spiro atoms. The Kier molecular flexibility index (Phi) is 6.04. The molecule has 1 aromatic heterocycles. The number of likely N-dealkylation sites (tertiary alicyclic amines) is 2. The van der Waals surface area contributed by atoms with Crippen molar-refractivity contribution in [1.29, 1.82) is 0 Å². The molecule has 2 saturated heterocycles. The van der Waals surface area contributed by atoms with Gasteiger partial charge in [0.25, 0.3) is 0 Å². The van der Waals surface area contributed by atoms with Crippen LogP contribution >= 0.6 is 0 Å². The SMILES string of the molecule is O=C1CCCC[C@@H]2[C@H](CCN2Cc2cn[nH]c2-c2ccccc2)N1Cc1ccccc1F. The zero-order valence-electron chi connectivity index (χ0n) is 18.2. The van der Waals surface area contributed by atoms with Crippen LogP contribution in [-0.4, -0.2) is 44.5 Å². The fourth-order valence-electron chi connectivity index (χ4n) is 5.31. The van der Waals surface area contributed by atoms with E-state index in [2.05, 4.69) is 27.2 Å². The molecule has 0 radical (unpaired) electrons. The van der Waals surface area contributed by atoms with Crippen LogP contribution in [0.2, 0.25) is 0 Å². The van der Waals surface area contributed by atoms with E-state index in [4.69, 9.17) is 0 Å². The molecule has 5 rings (SSSR count). The average Bonchev–Trinajstić information content (AvgIpc) is 3.43. The largest absolute Gasteiger partial charge is 0.334 e. The number of hydrogen-bond donors (Lipinski definition) is 1. The predicted octanol–water partition coefficient (Wildman–Crippen LogP) is 4.76. The van der Waals surface area contributed by atoms with Gasteiger partial charge in [-0.2, -0.15) is 5.10 Å². The topological polar surface area (TPSA) is 52.2 Å². The number of hydrogen-bond acceptors (Lipinski definition) is 3. The molecule has 1 amide bonds. The Bertz CT molecular complexity index is 1070. The van der Waals surface area contributed by atoms with E-state index in [1.807, 2.05) is 35.4 Å². The van der Waals surface area contributed by atoms with Gasteiger partial charge < -0.3 is 4.90 Å². The van der Waals surface area contributed by atoms with Crippen molar-refractivity contribution in [3.8, 4) is 11.3 Å². The Hall–Kier alpha value is -2.99. The third kappa shape index (κ3) is 4.19. The van der Waals surface area contributed by atoms with Gasteiger partial charge in [0.15, 0.2) is 0 Å². The Balaban J connectivity index is 1.38. The van der Waals surface area contributed by atoms with Crippen molar-refractivity contribution in [2.24, 2.45) is 0 Å². The molecule has 6 heteroatoms. The summed E-state index contributed by atoms with van der Waals surface area (Å²) in [6.07, 6.45) is 6.39. The summed E-state index contributed by atoms with van der Waals surface area (Å²) in [6.45, 7) is 2.07. The number of aromatic nitrogens is 2.